The van der Waals surface area contributed by atoms with Crippen LogP contribution in [0.4, 0.5) is 5.69 Å². The van der Waals surface area contributed by atoms with Gasteiger partial charge in [-0.2, -0.15) is 4.57 Å². The summed E-state index contributed by atoms with van der Waals surface area (Å²) < 4.78 is 8.15. The van der Waals surface area contributed by atoms with E-state index >= 15 is 0 Å². The number of halogens is 1. The Balaban J connectivity index is 0.00000342. The summed E-state index contributed by atoms with van der Waals surface area (Å²) in [4.78, 5) is 24.3. The third-order valence-electron chi connectivity index (χ3n) is 5.77. The van der Waals surface area contributed by atoms with Crippen LogP contribution in [0.15, 0.2) is 91.1 Å². The predicted octanol–water partition coefficient (Wildman–Crippen LogP) is 2.84. The lowest BCUT2D eigenvalue weighted by Gasteiger charge is -2.10. The monoisotopic (exact) mass is 532 g/mol. The Bertz CT molecular complexity index is 1280. The molecule has 0 unspecified atom stereocenters. The van der Waals surface area contributed by atoms with Crippen molar-refractivity contribution in [2.75, 3.05) is 11.9 Å². The molecule has 0 saturated carbocycles. The second kappa shape index (κ2) is 12.8. The average Bonchev–Trinajstić information content (AvgIpc) is 2.86. The number of ether oxygens (including phenoxy) is 1. The highest BCUT2D eigenvalue weighted by Crippen LogP contribution is 2.18. The third-order valence-corrected chi connectivity index (χ3v) is 5.77. The molecule has 4 aromatic rings. The number of benzene rings is 3. The van der Waals surface area contributed by atoms with Gasteiger partial charge < -0.3 is 27.0 Å². The van der Waals surface area contributed by atoms with Crippen molar-refractivity contribution in [3.05, 3.63) is 102 Å². The van der Waals surface area contributed by atoms with Crippen LogP contribution in [0.25, 0.3) is 10.9 Å². The molecule has 0 bridgehead atoms. The van der Waals surface area contributed by atoms with Gasteiger partial charge in [-0.15, -0.1) is 0 Å². The number of carbonyl (C=O) groups is 2. The number of nitrogens with zero attached hydrogens (tertiary/aromatic N) is 1. The molecule has 1 amide bonds. The minimum atomic E-state index is -0.258. The maximum absolute atomic E-state index is 12.6. The number of para-hydroxylation sites is 2. The Hall–Kier alpha value is -3.51. The topological polar surface area (TPSA) is 59.3 Å². The summed E-state index contributed by atoms with van der Waals surface area (Å²) in [5, 5.41) is 4.07. The summed E-state index contributed by atoms with van der Waals surface area (Å²) in [5.74, 6) is 0.394. The molecular formula is C29H29BrN2O3. The summed E-state index contributed by atoms with van der Waals surface area (Å²) in [5.41, 5.74) is 2.78. The lowest BCUT2D eigenvalue weighted by molar-refractivity contribution is -0.671. The van der Waals surface area contributed by atoms with Gasteiger partial charge in [0.2, 0.25) is 5.52 Å². The number of aryl methyl sites for hydroxylation is 1. The lowest BCUT2D eigenvalue weighted by atomic mass is 10.1. The standard InChI is InChI=1S/C29H28N2O3.BrH/c1-22(32)26-12-4-5-13-27(26)30-29(33)24-15-17-25(18-16-24)34-21-8-2-7-19-31-20-9-11-23-10-3-6-14-28(23)31;/h3-6,9-18,20H,2,7-8,19,21H2,1H3;1H. The normalized spacial score (nSPS) is 10.4. The molecule has 4 rings (SSSR count). The number of aromatic nitrogens is 1. The first kappa shape index (κ1) is 26.1. The van der Waals surface area contributed by atoms with Crippen LogP contribution in [0.3, 0.4) is 0 Å². The van der Waals surface area contributed by atoms with Crippen LogP contribution in [-0.4, -0.2) is 18.3 Å². The Morgan fingerprint density at radius 2 is 1.54 bits per heavy atom. The van der Waals surface area contributed by atoms with Crippen LogP contribution in [0.2, 0.25) is 0 Å². The molecule has 0 saturated heterocycles. The molecule has 0 aliphatic heterocycles. The van der Waals surface area contributed by atoms with Gasteiger partial charge in [-0.05, 0) is 68.3 Å². The van der Waals surface area contributed by atoms with E-state index in [2.05, 4.69) is 52.5 Å². The fraction of sp³-hybridized carbons (Fsp3) is 0.207. The highest BCUT2D eigenvalue weighted by atomic mass is 79.9. The SMILES string of the molecule is CC(=O)c1ccccc1NC(=O)c1ccc(OCCCCC[n+]2cccc3ccccc32)cc1.[Br-]. The van der Waals surface area contributed by atoms with Gasteiger partial charge in [0.15, 0.2) is 12.0 Å². The molecule has 5 nitrogen and oxygen atoms in total. The number of hydrogen-bond donors (Lipinski definition) is 1. The first-order chi connectivity index (χ1) is 16.6. The number of ketones is 1. The predicted molar refractivity (Wildman–Crippen MR) is 134 cm³/mol. The second-order valence-corrected chi connectivity index (χ2v) is 8.25. The van der Waals surface area contributed by atoms with Crippen molar-refractivity contribution in [1.82, 2.24) is 0 Å². The van der Waals surface area contributed by atoms with Crippen LogP contribution in [-0.2, 0) is 6.54 Å². The van der Waals surface area contributed by atoms with E-state index in [-0.39, 0.29) is 28.7 Å². The van der Waals surface area contributed by atoms with E-state index in [1.165, 1.54) is 17.8 Å². The number of hydrogen-bond acceptors (Lipinski definition) is 3. The van der Waals surface area contributed by atoms with Gasteiger partial charge in [0.1, 0.15) is 12.3 Å². The van der Waals surface area contributed by atoms with Crippen molar-refractivity contribution in [3.63, 3.8) is 0 Å². The van der Waals surface area contributed by atoms with Gasteiger partial charge in [0, 0.05) is 35.1 Å². The van der Waals surface area contributed by atoms with Gasteiger partial charge in [-0.1, -0.05) is 24.3 Å². The fourth-order valence-corrected chi connectivity index (χ4v) is 3.96. The van der Waals surface area contributed by atoms with Crippen LogP contribution < -0.4 is 31.6 Å². The molecule has 3 aromatic carbocycles. The Labute approximate surface area is 216 Å². The number of anilines is 1. The number of nitrogens with one attached hydrogen (secondary N) is 1. The zero-order valence-electron chi connectivity index (χ0n) is 19.7. The highest BCUT2D eigenvalue weighted by molar-refractivity contribution is 6.09. The molecule has 1 heterocycles. The summed E-state index contributed by atoms with van der Waals surface area (Å²) in [7, 11) is 0. The van der Waals surface area contributed by atoms with Crippen LogP contribution in [0.5, 0.6) is 5.75 Å². The van der Waals surface area contributed by atoms with E-state index in [4.69, 9.17) is 4.74 Å². The largest absolute Gasteiger partial charge is 1.00 e. The summed E-state index contributed by atoms with van der Waals surface area (Å²) in [6.45, 7) is 3.11. The summed E-state index contributed by atoms with van der Waals surface area (Å²) in [6, 6.07) is 26.7. The number of amides is 1. The molecule has 35 heavy (non-hydrogen) atoms. The van der Waals surface area contributed by atoms with Crippen molar-refractivity contribution in [2.24, 2.45) is 0 Å². The van der Waals surface area contributed by atoms with E-state index in [1.54, 1.807) is 48.5 Å². The molecule has 0 aliphatic carbocycles. The third kappa shape index (κ3) is 6.99. The van der Waals surface area contributed by atoms with Gasteiger partial charge in [-0.3, -0.25) is 9.59 Å². The number of rotatable bonds is 10. The van der Waals surface area contributed by atoms with Crippen LogP contribution in [0, 0.1) is 0 Å². The molecule has 0 radical (unpaired) electrons. The zero-order valence-corrected chi connectivity index (χ0v) is 21.3. The summed E-state index contributed by atoms with van der Waals surface area (Å²) in [6.07, 6.45) is 5.26. The van der Waals surface area contributed by atoms with E-state index < -0.39 is 0 Å². The second-order valence-electron chi connectivity index (χ2n) is 8.25. The Kier molecular flexibility index (Phi) is 9.56. The quantitative estimate of drug-likeness (QED) is 0.194. The van der Waals surface area contributed by atoms with Gasteiger partial charge in [0.05, 0.1) is 12.3 Å². The number of Topliss-reactive ketones (excluding diaryl/α,β-unsaturated/α-hetero) is 1. The van der Waals surface area contributed by atoms with E-state index in [0.717, 1.165) is 31.6 Å². The molecule has 0 aliphatic rings. The first-order valence-electron chi connectivity index (χ1n) is 11.6. The molecule has 0 fully saturated rings. The fourth-order valence-electron chi connectivity index (χ4n) is 3.96. The summed E-state index contributed by atoms with van der Waals surface area (Å²) >= 11 is 0. The molecule has 0 atom stereocenters. The number of unbranched alkanes of at least 4 members (excludes halogenated alkanes) is 2. The van der Waals surface area contributed by atoms with Gasteiger partial charge in [-0.25, -0.2) is 0 Å². The maximum Gasteiger partial charge on any atom is 0.255 e. The van der Waals surface area contributed by atoms with Crippen molar-refractivity contribution in [1.29, 1.82) is 0 Å². The van der Waals surface area contributed by atoms with E-state index in [9.17, 15) is 9.59 Å². The number of carbonyl (C=O) groups excluding carboxylic acids is 2. The Morgan fingerprint density at radius 3 is 2.34 bits per heavy atom. The number of pyridine rings is 1. The molecule has 1 N–H and O–H groups in total. The van der Waals surface area contributed by atoms with Crippen molar-refractivity contribution in [2.45, 2.75) is 32.7 Å². The minimum absolute atomic E-state index is 0. The molecular weight excluding hydrogens is 504 g/mol. The Morgan fingerprint density at radius 1 is 0.829 bits per heavy atom. The highest BCUT2D eigenvalue weighted by Gasteiger charge is 2.11. The van der Waals surface area contributed by atoms with Crippen LogP contribution in [0.1, 0.15) is 46.9 Å². The molecule has 6 heteroatoms. The van der Waals surface area contributed by atoms with Crippen molar-refractivity contribution in [3.8, 4) is 5.75 Å². The first-order valence-corrected chi connectivity index (χ1v) is 11.6. The van der Waals surface area contributed by atoms with Crippen LogP contribution >= 0.6 is 0 Å². The average molecular weight is 533 g/mol. The lowest BCUT2D eigenvalue weighted by Crippen LogP contribution is -3.00. The molecule has 180 valence electrons. The zero-order chi connectivity index (χ0) is 23.8. The van der Waals surface area contributed by atoms with Crippen molar-refractivity contribution < 1.29 is 35.9 Å². The number of fused-ring (bicyclic) bond motifs is 1. The molecule has 1 aromatic heterocycles. The van der Waals surface area contributed by atoms with Crippen molar-refractivity contribution >= 4 is 28.3 Å². The van der Waals surface area contributed by atoms with Gasteiger partial charge >= 0.3 is 0 Å². The van der Waals surface area contributed by atoms with E-state index in [1.807, 2.05) is 0 Å². The smallest absolute Gasteiger partial charge is 0.255 e. The van der Waals surface area contributed by atoms with E-state index in [0.29, 0.717) is 23.4 Å². The van der Waals surface area contributed by atoms with Gasteiger partial charge in [0.25, 0.3) is 5.91 Å². The minimum Gasteiger partial charge on any atom is -1.00 e. The molecule has 0 spiro atoms. The maximum atomic E-state index is 12.6.